The molecule has 20 heavy (non-hydrogen) atoms. The third kappa shape index (κ3) is 2.20. The zero-order valence-corrected chi connectivity index (χ0v) is 12.0. The first-order valence-corrected chi connectivity index (χ1v) is 7.06. The van der Waals surface area contributed by atoms with Crippen LogP contribution >= 0.6 is 0 Å². The molecule has 0 amide bonds. The van der Waals surface area contributed by atoms with Gasteiger partial charge in [0.25, 0.3) is 0 Å². The van der Waals surface area contributed by atoms with Gasteiger partial charge < -0.3 is 9.84 Å². The Morgan fingerprint density at radius 1 is 1.45 bits per heavy atom. The highest BCUT2D eigenvalue weighted by Gasteiger charge is 2.37. The predicted molar refractivity (Wildman–Crippen MR) is 76.8 cm³/mol. The van der Waals surface area contributed by atoms with E-state index in [1.165, 1.54) is 5.56 Å². The molecule has 106 valence electrons. The summed E-state index contributed by atoms with van der Waals surface area (Å²) >= 11 is 0. The second-order valence-electron chi connectivity index (χ2n) is 5.44. The van der Waals surface area contributed by atoms with Gasteiger partial charge in [-0.05, 0) is 48.6 Å². The van der Waals surface area contributed by atoms with E-state index in [9.17, 15) is 5.11 Å². The molecule has 0 radical (unpaired) electrons. The first-order chi connectivity index (χ1) is 9.64. The smallest absolute Gasteiger partial charge is 0.119 e. The van der Waals surface area contributed by atoms with Crippen LogP contribution in [0.2, 0.25) is 0 Å². The number of fused-ring (bicyclic) bond motifs is 1. The molecule has 3 rings (SSSR count). The van der Waals surface area contributed by atoms with Crippen molar-refractivity contribution in [1.29, 1.82) is 0 Å². The van der Waals surface area contributed by atoms with Crippen molar-refractivity contribution in [3.05, 3.63) is 47.3 Å². The fourth-order valence-corrected chi connectivity index (χ4v) is 3.00. The number of benzene rings is 1. The molecule has 4 nitrogen and oxygen atoms in total. The van der Waals surface area contributed by atoms with E-state index >= 15 is 0 Å². The van der Waals surface area contributed by atoms with E-state index in [0.717, 1.165) is 36.3 Å². The van der Waals surface area contributed by atoms with Gasteiger partial charge in [-0.2, -0.15) is 5.10 Å². The number of ether oxygens (including phenoxy) is 1. The third-order valence-electron chi connectivity index (χ3n) is 4.13. The van der Waals surface area contributed by atoms with Gasteiger partial charge in [0.05, 0.1) is 18.9 Å². The van der Waals surface area contributed by atoms with Gasteiger partial charge >= 0.3 is 0 Å². The van der Waals surface area contributed by atoms with Gasteiger partial charge in [-0.15, -0.1) is 0 Å². The summed E-state index contributed by atoms with van der Waals surface area (Å²) in [5, 5.41) is 15.3. The van der Waals surface area contributed by atoms with E-state index in [1.807, 2.05) is 29.2 Å². The van der Waals surface area contributed by atoms with Crippen LogP contribution in [0.1, 0.15) is 30.0 Å². The minimum Gasteiger partial charge on any atom is -0.497 e. The van der Waals surface area contributed by atoms with Gasteiger partial charge in [0.15, 0.2) is 0 Å². The summed E-state index contributed by atoms with van der Waals surface area (Å²) in [6.45, 7) is 2.91. The third-order valence-corrected chi connectivity index (χ3v) is 4.13. The lowest BCUT2D eigenvalue weighted by Gasteiger charge is -2.23. The Morgan fingerprint density at radius 3 is 3.00 bits per heavy atom. The summed E-state index contributed by atoms with van der Waals surface area (Å²) in [6.07, 6.45) is 6.13. The van der Waals surface area contributed by atoms with Crippen LogP contribution in [0.3, 0.4) is 0 Å². The molecule has 1 aromatic heterocycles. The van der Waals surface area contributed by atoms with Crippen molar-refractivity contribution in [2.24, 2.45) is 0 Å². The summed E-state index contributed by atoms with van der Waals surface area (Å²) in [5.41, 5.74) is 2.49. The van der Waals surface area contributed by atoms with Gasteiger partial charge in [-0.25, -0.2) is 0 Å². The summed E-state index contributed by atoms with van der Waals surface area (Å²) < 4.78 is 7.17. The second kappa shape index (κ2) is 4.94. The first kappa shape index (κ1) is 13.2. The number of rotatable bonds is 4. The summed E-state index contributed by atoms with van der Waals surface area (Å²) in [6, 6.07) is 5.98. The van der Waals surface area contributed by atoms with Crippen molar-refractivity contribution in [2.45, 2.75) is 38.3 Å². The van der Waals surface area contributed by atoms with Crippen LogP contribution in [0.4, 0.5) is 0 Å². The number of hydrogen-bond donors (Lipinski definition) is 1. The maximum absolute atomic E-state index is 11.0. The van der Waals surface area contributed by atoms with E-state index in [1.54, 1.807) is 7.11 Å². The van der Waals surface area contributed by atoms with E-state index in [2.05, 4.69) is 18.1 Å². The highest BCUT2D eigenvalue weighted by Crippen LogP contribution is 2.40. The Hall–Kier alpha value is -1.81. The van der Waals surface area contributed by atoms with Crippen molar-refractivity contribution in [2.75, 3.05) is 7.11 Å². The summed E-state index contributed by atoms with van der Waals surface area (Å²) in [5.74, 6) is 0.799. The van der Waals surface area contributed by atoms with Crippen molar-refractivity contribution < 1.29 is 9.84 Å². The molecule has 1 heterocycles. The fourth-order valence-electron chi connectivity index (χ4n) is 3.00. The van der Waals surface area contributed by atoms with Crippen LogP contribution in [0.5, 0.6) is 5.75 Å². The standard InChI is InChI=1S/C16H20N2O2/c1-3-18-11-12(10-17-18)9-16(19)7-6-13-4-5-14(20-2)8-15(13)16/h4-5,8,10-11,19H,3,6-7,9H2,1-2H3. The molecule has 1 aliphatic carbocycles. The van der Waals surface area contributed by atoms with Gasteiger partial charge in [-0.1, -0.05) is 6.07 Å². The van der Waals surface area contributed by atoms with Crippen LogP contribution in [0.25, 0.3) is 0 Å². The molecular formula is C16H20N2O2. The number of methoxy groups -OCH3 is 1. The van der Waals surface area contributed by atoms with Gasteiger partial charge in [0.1, 0.15) is 5.75 Å². The minimum absolute atomic E-state index is 0.604. The van der Waals surface area contributed by atoms with E-state index in [0.29, 0.717) is 6.42 Å². The topological polar surface area (TPSA) is 47.3 Å². The number of aliphatic hydroxyl groups is 1. The Kier molecular flexibility index (Phi) is 3.26. The molecule has 0 saturated heterocycles. The largest absolute Gasteiger partial charge is 0.497 e. The molecule has 1 aromatic carbocycles. The van der Waals surface area contributed by atoms with Crippen LogP contribution < -0.4 is 4.74 Å². The Bertz CT molecular complexity index is 621. The van der Waals surface area contributed by atoms with Crippen LogP contribution in [-0.4, -0.2) is 22.0 Å². The number of nitrogens with zero attached hydrogens (tertiary/aromatic N) is 2. The van der Waals surface area contributed by atoms with Crippen LogP contribution in [0, 0.1) is 0 Å². The zero-order chi connectivity index (χ0) is 14.2. The quantitative estimate of drug-likeness (QED) is 0.929. The van der Waals surface area contributed by atoms with Crippen molar-refractivity contribution in [3.8, 4) is 5.75 Å². The van der Waals surface area contributed by atoms with E-state index in [-0.39, 0.29) is 0 Å². The molecule has 0 bridgehead atoms. The highest BCUT2D eigenvalue weighted by molar-refractivity contribution is 5.43. The molecule has 2 aromatic rings. The molecule has 0 spiro atoms. The van der Waals surface area contributed by atoms with E-state index in [4.69, 9.17) is 4.74 Å². The molecule has 1 unspecified atom stereocenters. The molecule has 0 saturated carbocycles. The summed E-state index contributed by atoms with van der Waals surface area (Å²) in [4.78, 5) is 0. The number of hydrogen-bond acceptors (Lipinski definition) is 3. The molecule has 0 aliphatic heterocycles. The SMILES string of the molecule is CCn1cc(CC2(O)CCc3ccc(OC)cc32)cn1. The predicted octanol–water partition coefficient (Wildman–Crippen LogP) is 2.29. The van der Waals surface area contributed by atoms with Gasteiger partial charge in [-0.3, -0.25) is 4.68 Å². The highest BCUT2D eigenvalue weighted by atomic mass is 16.5. The molecular weight excluding hydrogens is 252 g/mol. The molecule has 1 aliphatic rings. The lowest BCUT2D eigenvalue weighted by atomic mass is 9.90. The van der Waals surface area contributed by atoms with Gasteiger partial charge in [0, 0.05) is 19.2 Å². The Balaban J connectivity index is 1.90. The average molecular weight is 272 g/mol. The van der Waals surface area contributed by atoms with Crippen molar-refractivity contribution in [3.63, 3.8) is 0 Å². The van der Waals surface area contributed by atoms with Crippen LogP contribution in [-0.2, 0) is 25.0 Å². The van der Waals surface area contributed by atoms with Crippen molar-refractivity contribution >= 4 is 0 Å². The number of aryl methyl sites for hydroxylation is 2. The number of aromatic nitrogens is 2. The molecule has 4 heteroatoms. The molecule has 0 fully saturated rings. The lowest BCUT2D eigenvalue weighted by molar-refractivity contribution is 0.0388. The maximum atomic E-state index is 11.0. The lowest BCUT2D eigenvalue weighted by Crippen LogP contribution is -2.25. The molecule has 1 atom stereocenters. The monoisotopic (exact) mass is 272 g/mol. The Morgan fingerprint density at radius 2 is 2.30 bits per heavy atom. The minimum atomic E-state index is -0.800. The maximum Gasteiger partial charge on any atom is 0.119 e. The average Bonchev–Trinajstić information content (AvgIpc) is 3.04. The van der Waals surface area contributed by atoms with Gasteiger partial charge in [0.2, 0.25) is 0 Å². The summed E-state index contributed by atoms with van der Waals surface area (Å²) in [7, 11) is 1.65. The zero-order valence-electron chi connectivity index (χ0n) is 12.0. The second-order valence-corrected chi connectivity index (χ2v) is 5.44. The fraction of sp³-hybridized carbons (Fsp3) is 0.438. The Labute approximate surface area is 119 Å². The van der Waals surface area contributed by atoms with E-state index < -0.39 is 5.60 Å². The normalized spacial score (nSPS) is 20.9. The first-order valence-electron chi connectivity index (χ1n) is 7.06. The van der Waals surface area contributed by atoms with Crippen LogP contribution in [0.15, 0.2) is 30.6 Å². The van der Waals surface area contributed by atoms with Crippen molar-refractivity contribution in [1.82, 2.24) is 9.78 Å². The molecule has 1 N–H and O–H groups in total.